The quantitative estimate of drug-likeness (QED) is 0.0206. The molecule has 1 fully saturated rings. The first kappa shape index (κ1) is 44.0. The molecular weight excluding hydrogens is 768 g/mol. The molecule has 19 heteroatoms. The zero-order chi connectivity index (χ0) is 38.4. The maximum Gasteiger partial charge on any atom is 1.00 e. The van der Waals surface area contributed by atoms with Crippen molar-refractivity contribution < 1.29 is 103 Å². The number of nitrogens with zero attached hydrogens (tertiary/aromatic N) is 6. The Morgan fingerprint density at radius 1 is 1.09 bits per heavy atom. The number of hydroxylamine groups is 2. The van der Waals surface area contributed by atoms with Crippen LogP contribution in [0.3, 0.4) is 0 Å². The first-order valence-electron chi connectivity index (χ1n) is 17.1. The third kappa shape index (κ3) is 10.6. The van der Waals surface area contributed by atoms with Gasteiger partial charge >= 0.3 is 63.2 Å². The van der Waals surface area contributed by atoms with Crippen molar-refractivity contribution in [3.05, 3.63) is 65.6 Å². The van der Waals surface area contributed by atoms with E-state index in [9.17, 15) is 32.6 Å². The minimum atomic E-state index is -4.36. The molecule has 0 atom stereocenters. The molecule has 0 aromatic carbocycles. The van der Waals surface area contributed by atoms with E-state index in [1.54, 1.807) is 6.20 Å². The summed E-state index contributed by atoms with van der Waals surface area (Å²) in [5, 5.41) is 14.2. The van der Waals surface area contributed by atoms with E-state index in [0.29, 0.717) is 55.1 Å². The van der Waals surface area contributed by atoms with Gasteiger partial charge in [0.15, 0.2) is 5.71 Å². The van der Waals surface area contributed by atoms with Crippen LogP contribution < -0.4 is 66.1 Å². The molecule has 0 aliphatic carbocycles. The molecular formula is C35H41KN6O10S2. The molecule has 0 radical (unpaired) electrons. The van der Waals surface area contributed by atoms with Crippen molar-refractivity contribution in [3.63, 3.8) is 0 Å². The van der Waals surface area contributed by atoms with Gasteiger partial charge in [0.25, 0.3) is 11.8 Å². The smallest absolute Gasteiger partial charge is 0.748 e. The summed E-state index contributed by atoms with van der Waals surface area (Å²) in [6.45, 7) is 9.07. The second-order valence-corrected chi connectivity index (χ2v) is 15.8. The molecule has 5 heterocycles. The van der Waals surface area contributed by atoms with Crippen LogP contribution in [0.2, 0.25) is 0 Å². The summed E-state index contributed by atoms with van der Waals surface area (Å²) in [4.78, 5) is 56.7. The topological polar surface area (TPSA) is 207 Å². The van der Waals surface area contributed by atoms with E-state index in [-0.39, 0.29) is 77.1 Å². The summed E-state index contributed by atoms with van der Waals surface area (Å²) >= 11 is 0.626. The van der Waals surface area contributed by atoms with Crippen LogP contribution in [-0.4, -0.2) is 64.4 Å². The SMILES string of the molecule is CC1(C)C(/C=C/C=C2/N(CCCS(=O)(=O)[O-])c3ncccc3C2(C)C)=Nc2c1cc(N=CSOO[O-])c[n+]2CCCCCC(=O)ON1C(=O)CCC1=O.[K+]. The number of imide groups is 1. The number of pyridine rings is 2. The van der Waals surface area contributed by atoms with Crippen LogP contribution >= 0.6 is 12.0 Å². The fraction of sp³-hybridized carbons (Fsp3) is 0.457. The summed E-state index contributed by atoms with van der Waals surface area (Å²) in [6.07, 6.45) is 11.4. The number of fused-ring (bicyclic) bond motifs is 2. The number of aryl methyl sites for hydroxylation is 1. The number of hydrogen-bond acceptors (Lipinski definition) is 15. The summed E-state index contributed by atoms with van der Waals surface area (Å²) in [7, 11) is -4.36. The van der Waals surface area contributed by atoms with Crippen LogP contribution in [0.5, 0.6) is 0 Å². The van der Waals surface area contributed by atoms with E-state index in [1.807, 2.05) is 65.9 Å². The molecule has 2 aromatic rings. The zero-order valence-corrected chi connectivity index (χ0v) is 35.6. The van der Waals surface area contributed by atoms with Gasteiger partial charge in [-0.25, -0.2) is 27.8 Å². The Balaban J connectivity index is 0.00000650. The molecule has 5 rings (SSSR count). The van der Waals surface area contributed by atoms with E-state index >= 15 is 0 Å². The van der Waals surface area contributed by atoms with Crippen molar-refractivity contribution in [2.75, 3.05) is 17.2 Å². The fourth-order valence-electron chi connectivity index (χ4n) is 6.58. The van der Waals surface area contributed by atoms with Gasteiger partial charge in [-0.05, 0) is 68.8 Å². The number of hydrogen-bond donors (Lipinski definition) is 0. The minimum Gasteiger partial charge on any atom is -0.748 e. The molecule has 0 spiro atoms. The molecule has 16 nitrogen and oxygen atoms in total. The number of anilines is 1. The molecule has 3 aliphatic heterocycles. The van der Waals surface area contributed by atoms with Gasteiger partial charge < -0.3 is 19.5 Å². The second-order valence-electron chi connectivity index (χ2n) is 13.8. The van der Waals surface area contributed by atoms with E-state index in [4.69, 9.17) is 9.83 Å². The fourth-order valence-corrected chi connectivity index (χ4v) is 7.30. The van der Waals surface area contributed by atoms with E-state index in [1.165, 1.54) is 5.55 Å². The van der Waals surface area contributed by atoms with Gasteiger partial charge in [0, 0.05) is 54.4 Å². The predicted molar refractivity (Wildman–Crippen MR) is 191 cm³/mol. The van der Waals surface area contributed by atoms with Gasteiger partial charge in [-0.1, -0.05) is 26.0 Å². The first-order valence-corrected chi connectivity index (χ1v) is 19.5. The van der Waals surface area contributed by atoms with Gasteiger partial charge in [-0.3, -0.25) is 14.6 Å². The average Bonchev–Trinajstić information content (AvgIpc) is 3.63. The largest absolute Gasteiger partial charge is 1.00 e. The van der Waals surface area contributed by atoms with Crippen molar-refractivity contribution in [3.8, 4) is 0 Å². The Kier molecular flexibility index (Phi) is 15.5. The van der Waals surface area contributed by atoms with Crippen LogP contribution in [0.15, 0.2) is 64.5 Å². The van der Waals surface area contributed by atoms with Gasteiger partial charge in [0.05, 0.1) is 45.2 Å². The van der Waals surface area contributed by atoms with Crippen molar-refractivity contribution in [1.29, 1.82) is 0 Å². The van der Waals surface area contributed by atoms with Crippen LogP contribution in [0.1, 0.15) is 83.8 Å². The monoisotopic (exact) mass is 808 g/mol. The normalized spacial score (nSPS) is 18.1. The number of carbonyl (C=O) groups is 3. The minimum absolute atomic E-state index is 0. The van der Waals surface area contributed by atoms with Crippen molar-refractivity contribution in [2.24, 2.45) is 9.98 Å². The van der Waals surface area contributed by atoms with Crippen LogP contribution in [0.25, 0.3) is 0 Å². The maximum atomic E-state index is 12.2. The molecule has 54 heavy (non-hydrogen) atoms. The van der Waals surface area contributed by atoms with Gasteiger partial charge in [-0.2, -0.15) is 4.33 Å². The van der Waals surface area contributed by atoms with Gasteiger partial charge in [0.2, 0.25) is 0 Å². The molecule has 0 saturated carbocycles. The van der Waals surface area contributed by atoms with Crippen molar-refractivity contribution >= 4 is 68.5 Å². The number of amides is 2. The van der Waals surface area contributed by atoms with Crippen LogP contribution in [-0.2, 0) is 56.1 Å². The molecule has 0 unspecified atom stereocenters. The summed E-state index contributed by atoms with van der Waals surface area (Å²) in [6, 6.07) is 5.76. The molecule has 2 aromatic heterocycles. The summed E-state index contributed by atoms with van der Waals surface area (Å²) in [5.74, 6) is -0.697. The Hall–Kier alpha value is -2.69. The molecule has 284 valence electrons. The Morgan fingerprint density at radius 3 is 2.54 bits per heavy atom. The van der Waals surface area contributed by atoms with Gasteiger partial charge in [-0.15, -0.1) is 5.06 Å². The number of aliphatic imine (C=N–C) groups is 2. The standard InChI is InChI=1S/C35H42N6O10S2.K/c1-34(2)26-21-24(37-23-52-51-50-45)22-39(18-7-5-6-14-31(44)49-41-29(42)15-16-30(41)43)33(26)38-27(34)12-8-13-28-35(3,4)25-11-9-17-36-32(25)40(28)19-10-20-53(46,47)48;/h8-9,11-13,17,21-23H,5-7,10,14-16,18-20H2,1-4H3,(H-,45,46,47,48);/q;+1/p-1. The summed E-state index contributed by atoms with van der Waals surface area (Å²) < 4.78 is 40.3. The average molecular weight is 809 g/mol. The zero-order valence-electron chi connectivity index (χ0n) is 30.8. The van der Waals surface area contributed by atoms with E-state index < -0.39 is 44.5 Å². The van der Waals surface area contributed by atoms with Crippen LogP contribution in [0, 0.1) is 0 Å². The molecule has 2 amide bonds. The number of rotatable bonds is 17. The predicted octanol–water partition coefficient (Wildman–Crippen LogP) is 0.609. The third-order valence-electron chi connectivity index (χ3n) is 9.36. The van der Waals surface area contributed by atoms with E-state index in [0.717, 1.165) is 34.2 Å². The third-order valence-corrected chi connectivity index (χ3v) is 10.5. The Bertz CT molecular complexity index is 1970. The first-order chi connectivity index (χ1) is 25.1. The second kappa shape index (κ2) is 19.0. The van der Waals surface area contributed by atoms with Crippen LogP contribution in [0.4, 0.5) is 17.3 Å². The number of allylic oxidation sites excluding steroid dienone is 4. The Morgan fingerprint density at radius 2 is 1.83 bits per heavy atom. The number of carbonyl (C=O) groups excluding carboxylic acids is 3. The summed E-state index contributed by atoms with van der Waals surface area (Å²) in [5.41, 5.74) is 4.49. The number of unbranched alkanes of at least 4 members (excludes halogenated alkanes) is 2. The molecule has 0 N–H and O–H groups in total. The molecule has 0 bridgehead atoms. The molecule has 3 aliphatic rings. The molecule has 1 saturated heterocycles. The van der Waals surface area contributed by atoms with Gasteiger partial charge in [0.1, 0.15) is 17.7 Å². The maximum absolute atomic E-state index is 12.2. The number of aromatic nitrogens is 2. The van der Waals surface area contributed by atoms with E-state index in [2.05, 4.69) is 33.2 Å². The van der Waals surface area contributed by atoms with Crippen molar-refractivity contribution in [1.82, 2.24) is 10.0 Å². The van der Waals surface area contributed by atoms with Crippen molar-refractivity contribution in [2.45, 2.75) is 90.0 Å². The Labute approximate surface area is 360 Å².